The third-order valence-electron chi connectivity index (χ3n) is 3.66. The lowest BCUT2D eigenvalue weighted by Gasteiger charge is -2.14. The first kappa shape index (κ1) is 16.1. The van der Waals surface area contributed by atoms with Crippen LogP contribution < -0.4 is 10.6 Å². The maximum absolute atomic E-state index is 12.1. The Bertz CT molecular complexity index is 861. The summed E-state index contributed by atoms with van der Waals surface area (Å²) in [5.74, 6) is -0.596. The highest BCUT2D eigenvalue weighted by Crippen LogP contribution is 2.29. The minimum absolute atomic E-state index is 0.0815. The molecule has 122 valence electrons. The number of aromatic nitrogens is 1. The van der Waals surface area contributed by atoms with Crippen molar-refractivity contribution in [2.75, 3.05) is 6.54 Å². The molecular formula is C18H17N3O2S. The van der Waals surface area contributed by atoms with E-state index in [1.54, 1.807) is 35.7 Å². The number of rotatable bonds is 5. The zero-order chi connectivity index (χ0) is 16.9. The summed E-state index contributed by atoms with van der Waals surface area (Å²) in [6.07, 6.45) is 1.54. The molecule has 0 saturated heterocycles. The van der Waals surface area contributed by atoms with Crippen molar-refractivity contribution in [2.24, 2.45) is 0 Å². The van der Waals surface area contributed by atoms with Crippen LogP contribution in [0.5, 0.6) is 0 Å². The molecule has 0 aliphatic rings. The highest BCUT2D eigenvalue weighted by Gasteiger charge is 2.15. The molecule has 0 radical (unpaired) electrons. The minimum atomic E-state index is -0.362. The van der Waals surface area contributed by atoms with Gasteiger partial charge in [-0.25, -0.2) is 0 Å². The third-order valence-corrected chi connectivity index (χ3v) is 4.64. The molecule has 2 heterocycles. The number of benzene rings is 1. The average molecular weight is 339 g/mol. The molecule has 1 aromatic carbocycles. The molecule has 2 amide bonds. The van der Waals surface area contributed by atoms with Crippen LogP contribution in [-0.4, -0.2) is 23.3 Å². The van der Waals surface area contributed by atoms with E-state index in [1.165, 1.54) is 4.70 Å². The van der Waals surface area contributed by atoms with Crippen molar-refractivity contribution in [1.29, 1.82) is 0 Å². The monoisotopic (exact) mass is 339 g/mol. The lowest BCUT2D eigenvalue weighted by atomic mass is 10.1. The van der Waals surface area contributed by atoms with Crippen LogP contribution in [0.3, 0.4) is 0 Å². The summed E-state index contributed by atoms with van der Waals surface area (Å²) in [4.78, 5) is 27.9. The van der Waals surface area contributed by atoms with Crippen LogP contribution in [0.2, 0.25) is 0 Å². The van der Waals surface area contributed by atoms with Gasteiger partial charge in [-0.3, -0.25) is 14.6 Å². The molecular weight excluding hydrogens is 322 g/mol. The molecule has 0 fully saturated rings. The van der Waals surface area contributed by atoms with Crippen LogP contribution in [0.4, 0.5) is 0 Å². The van der Waals surface area contributed by atoms with Crippen molar-refractivity contribution >= 4 is 33.2 Å². The summed E-state index contributed by atoms with van der Waals surface area (Å²) < 4.78 is 1.19. The lowest BCUT2D eigenvalue weighted by Crippen LogP contribution is -2.38. The van der Waals surface area contributed by atoms with E-state index in [9.17, 15) is 9.59 Å². The number of carbonyl (C=O) groups is 2. The number of amides is 2. The van der Waals surface area contributed by atoms with Crippen molar-refractivity contribution in [3.63, 3.8) is 0 Å². The minimum Gasteiger partial charge on any atom is -0.348 e. The summed E-state index contributed by atoms with van der Waals surface area (Å²) >= 11 is 1.66. The van der Waals surface area contributed by atoms with Crippen LogP contribution in [-0.2, 0) is 4.79 Å². The fraction of sp³-hybridized carbons (Fsp3) is 0.167. The number of fused-ring (bicyclic) bond motifs is 1. The van der Waals surface area contributed by atoms with Crippen LogP contribution in [0, 0.1) is 0 Å². The van der Waals surface area contributed by atoms with Gasteiger partial charge in [0.25, 0.3) is 5.91 Å². The molecule has 3 rings (SSSR count). The first-order chi connectivity index (χ1) is 11.6. The summed E-state index contributed by atoms with van der Waals surface area (Å²) in [6.45, 7) is 1.86. The van der Waals surface area contributed by atoms with E-state index in [-0.39, 0.29) is 24.4 Å². The molecule has 0 saturated carbocycles. The van der Waals surface area contributed by atoms with E-state index in [2.05, 4.69) is 27.1 Å². The number of thiophene rings is 1. The van der Waals surface area contributed by atoms with Crippen LogP contribution in [0.1, 0.15) is 29.0 Å². The van der Waals surface area contributed by atoms with Gasteiger partial charge in [0, 0.05) is 10.9 Å². The molecule has 0 unspecified atom stereocenters. The van der Waals surface area contributed by atoms with Gasteiger partial charge in [-0.1, -0.05) is 24.3 Å². The molecule has 2 aromatic heterocycles. The van der Waals surface area contributed by atoms with Gasteiger partial charge >= 0.3 is 0 Å². The van der Waals surface area contributed by atoms with Gasteiger partial charge in [0.2, 0.25) is 5.91 Å². The van der Waals surface area contributed by atoms with Crippen molar-refractivity contribution in [3.8, 4) is 0 Å². The van der Waals surface area contributed by atoms with E-state index in [0.29, 0.717) is 5.69 Å². The fourth-order valence-electron chi connectivity index (χ4n) is 2.45. The molecule has 0 aliphatic carbocycles. The number of carbonyl (C=O) groups excluding carboxylic acids is 2. The maximum Gasteiger partial charge on any atom is 0.270 e. The zero-order valence-corrected chi connectivity index (χ0v) is 14.0. The largest absolute Gasteiger partial charge is 0.348 e. The second kappa shape index (κ2) is 7.23. The molecule has 2 N–H and O–H groups in total. The molecule has 5 nitrogen and oxygen atoms in total. The fourth-order valence-corrected chi connectivity index (χ4v) is 3.51. The topological polar surface area (TPSA) is 71.1 Å². The van der Waals surface area contributed by atoms with Gasteiger partial charge < -0.3 is 10.6 Å². The predicted molar refractivity (Wildman–Crippen MR) is 95.0 cm³/mol. The Balaban J connectivity index is 1.58. The molecule has 0 bridgehead atoms. The average Bonchev–Trinajstić information content (AvgIpc) is 3.04. The van der Waals surface area contributed by atoms with E-state index in [0.717, 1.165) is 10.9 Å². The van der Waals surface area contributed by atoms with Crippen molar-refractivity contribution in [2.45, 2.75) is 13.0 Å². The number of hydrogen-bond acceptors (Lipinski definition) is 4. The predicted octanol–water partition coefficient (Wildman–Crippen LogP) is 2.90. The highest BCUT2D eigenvalue weighted by atomic mass is 32.1. The van der Waals surface area contributed by atoms with Crippen molar-refractivity contribution in [1.82, 2.24) is 15.6 Å². The number of nitrogens with zero attached hydrogens (tertiary/aromatic N) is 1. The number of pyridine rings is 1. The maximum atomic E-state index is 12.1. The van der Waals surface area contributed by atoms with E-state index >= 15 is 0 Å². The van der Waals surface area contributed by atoms with Gasteiger partial charge in [0.05, 0.1) is 12.6 Å². The van der Waals surface area contributed by atoms with Crippen molar-refractivity contribution < 1.29 is 9.59 Å². The summed E-state index contributed by atoms with van der Waals surface area (Å²) in [5, 5.41) is 8.69. The standard InChI is InChI=1S/C18H17N3O2S/c1-12(14-11-24-16-8-3-2-6-13(14)16)21-17(22)10-20-18(23)15-7-4-5-9-19-15/h2-9,11-12H,10H2,1H3,(H,20,23)(H,21,22)/t12-/m1/s1. The summed E-state index contributed by atoms with van der Waals surface area (Å²) in [5.41, 5.74) is 1.38. The smallest absolute Gasteiger partial charge is 0.270 e. The Morgan fingerprint density at radius 3 is 2.75 bits per heavy atom. The Morgan fingerprint density at radius 1 is 1.17 bits per heavy atom. The quantitative estimate of drug-likeness (QED) is 0.751. The van der Waals surface area contributed by atoms with Gasteiger partial charge in [0.15, 0.2) is 0 Å². The zero-order valence-electron chi connectivity index (χ0n) is 13.2. The normalized spacial score (nSPS) is 11.9. The van der Waals surface area contributed by atoms with E-state index in [4.69, 9.17) is 0 Å². The van der Waals surface area contributed by atoms with Crippen LogP contribution in [0.15, 0.2) is 54.0 Å². The Labute approximate surface area is 143 Å². The van der Waals surface area contributed by atoms with Gasteiger partial charge in [-0.05, 0) is 41.5 Å². The second-order valence-corrected chi connectivity index (χ2v) is 6.29. The second-order valence-electron chi connectivity index (χ2n) is 5.37. The summed E-state index contributed by atoms with van der Waals surface area (Å²) in [7, 11) is 0. The van der Waals surface area contributed by atoms with Gasteiger partial charge in [0.1, 0.15) is 5.69 Å². The van der Waals surface area contributed by atoms with Crippen LogP contribution in [0.25, 0.3) is 10.1 Å². The number of hydrogen-bond donors (Lipinski definition) is 2. The Hall–Kier alpha value is -2.73. The van der Waals surface area contributed by atoms with Gasteiger partial charge in [-0.15, -0.1) is 11.3 Å². The third kappa shape index (κ3) is 3.60. The summed E-state index contributed by atoms with van der Waals surface area (Å²) in [6, 6.07) is 13.0. The molecule has 0 aliphatic heterocycles. The Kier molecular flexibility index (Phi) is 4.86. The lowest BCUT2D eigenvalue weighted by molar-refractivity contribution is -0.120. The molecule has 24 heavy (non-hydrogen) atoms. The molecule has 0 spiro atoms. The first-order valence-corrected chi connectivity index (χ1v) is 8.48. The van der Waals surface area contributed by atoms with E-state index < -0.39 is 0 Å². The number of nitrogens with one attached hydrogen (secondary N) is 2. The Morgan fingerprint density at radius 2 is 1.96 bits per heavy atom. The first-order valence-electron chi connectivity index (χ1n) is 7.60. The van der Waals surface area contributed by atoms with E-state index in [1.807, 2.05) is 25.1 Å². The molecule has 3 aromatic rings. The van der Waals surface area contributed by atoms with Crippen LogP contribution >= 0.6 is 11.3 Å². The highest BCUT2D eigenvalue weighted by molar-refractivity contribution is 7.17. The van der Waals surface area contributed by atoms with Gasteiger partial charge in [-0.2, -0.15) is 0 Å². The van der Waals surface area contributed by atoms with Crippen molar-refractivity contribution in [3.05, 3.63) is 65.3 Å². The molecule has 1 atom stereocenters. The molecule has 6 heteroatoms. The SMILES string of the molecule is C[C@@H](NC(=O)CNC(=O)c1ccccn1)c1csc2ccccc12.